The van der Waals surface area contributed by atoms with Gasteiger partial charge in [-0.25, -0.2) is 0 Å². The lowest BCUT2D eigenvalue weighted by Gasteiger charge is -2.13. The van der Waals surface area contributed by atoms with Gasteiger partial charge in [-0.15, -0.1) is 0 Å². The van der Waals surface area contributed by atoms with Gasteiger partial charge in [0.1, 0.15) is 0 Å². The van der Waals surface area contributed by atoms with Crippen LogP contribution in [0.15, 0.2) is 0 Å². The number of hydrogen-bond donors (Lipinski definition) is 0. The third kappa shape index (κ3) is 8.51. The molecule has 14 heavy (non-hydrogen) atoms. The van der Waals surface area contributed by atoms with Gasteiger partial charge in [0.2, 0.25) is 0 Å². The van der Waals surface area contributed by atoms with Crippen LogP contribution in [0.5, 0.6) is 0 Å². The van der Waals surface area contributed by atoms with Gasteiger partial charge >= 0.3 is 0 Å². The molecule has 0 rings (SSSR count). The summed E-state index contributed by atoms with van der Waals surface area (Å²) in [6, 6.07) is 0. The van der Waals surface area contributed by atoms with Gasteiger partial charge in [0.25, 0.3) is 10.1 Å². The SMILES string of the molecule is CCCCCC(CC)COS(C)(=O)=O. The first kappa shape index (κ1) is 13.9. The third-order valence-corrected chi connectivity index (χ3v) is 2.88. The first-order chi connectivity index (χ1) is 6.49. The van der Waals surface area contributed by atoms with Crippen molar-refractivity contribution in [3.05, 3.63) is 0 Å². The fourth-order valence-corrected chi connectivity index (χ4v) is 1.75. The molecule has 0 aromatic heterocycles. The van der Waals surface area contributed by atoms with Crippen LogP contribution < -0.4 is 0 Å². The maximum Gasteiger partial charge on any atom is 0.264 e. The van der Waals surface area contributed by atoms with Crippen molar-refractivity contribution in [2.24, 2.45) is 5.92 Å². The van der Waals surface area contributed by atoms with Crippen LogP contribution in [0, 0.1) is 5.92 Å². The van der Waals surface area contributed by atoms with Crippen LogP contribution in [-0.4, -0.2) is 21.3 Å². The van der Waals surface area contributed by atoms with Crippen molar-refractivity contribution < 1.29 is 12.6 Å². The van der Waals surface area contributed by atoms with E-state index in [2.05, 4.69) is 13.8 Å². The summed E-state index contributed by atoms with van der Waals surface area (Å²) in [6.45, 7) is 4.58. The minimum atomic E-state index is -3.26. The molecule has 86 valence electrons. The minimum Gasteiger partial charge on any atom is -0.270 e. The van der Waals surface area contributed by atoms with Crippen molar-refractivity contribution in [2.45, 2.75) is 46.0 Å². The van der Waals surface area contributed by atoms with Gasteiger partial charge in [-0.2, -0.15) is 8.42 Å². The average molecular weight is 222 g/mol. The molecule has 0 radical (unpaired) electrons. The molecule has 0 aromatic carbocycles. The summed E-state index contributed by atoms with van der Waals surface area (Å²) in [5.41, 5.74) is 0. The molecule has 0 amide bonds. The van der Waals surface area contributed by atoms with E-state index in [0.29, 0.717) is 12.5 Å². The molecule has 0 aliphatic carbocycles. The second kappa shape index (κ2) is 7.23. The van der Waals surface area contributed by atoms with Crippen molar-refractivity contribution in [2.75, 3.05) is 12.9 Å². The van der Waals surface area contributed by atoms with Crippen molar-refractivity contribution >= 4 is 10.1 Å². The molecule has 1 atom stereocenters. The lowest BCUT2D eigenvalue weighted by atomic mass is 10.00. The highest BCUT2D eigenvalue weighted by atomic mass is 32.2. The molecule has 0 saturated carbocycles. The normalized spacial score (nSPS) is 14.2. The highest BCUT2D eigenvalue weighted by Crippen LogP contribution is 2.14. The van der Waals surface area contributed by atoms with E-state index in [-0.39, 0.29) is 0 Å². The molecular weight excluding hydrogens is 200 g/mol. The highest BCUT2D eigenvalue weighted by Gasteiger charge is 2.10. The van der Waals surface area contributed by atoms with Crippen LogP contribution >= 0.6 is 0 Å². The van der Waals surface area contributed by atoms with Gasteiger partial charge in [0, 0.05) is 0 Å². The molecule has 0 fully saturated rings. The van der Waals surface area contributed by atoms with Crippen LogP contribution in [-0.2, 0) is 14.3 Å². The topological polar surface area (TPSA) is 43.4 Å². The molecule has 0 aromatic rings. The number of rotatable bonds is 8. The smallest absolute Gasteiger partial charge is 0.264 e. The monoisotopic (exact) mass is 222 g/mol. The van der Waals surface area contributed by atoms with Gasteiger partial charge < -0.3 is 0 Å². The van der Waals surface area contributed by atoms with E-state index >= 15 is 0 Å². The van der Waals surface area contributed by atoms with Gasteiger partial charge in [-0.1, -0.05) is 39.5 Å². The summed E-state index contributed by atoms with van der Waals surface area (Å²) >= 11 is 0. The van der Waals surface area contributed by atoms with Crippen LogP contribution in [0.1, 0.15) is 46.0 Å². The van der Waals surface area contributed by atoms with E-state index in [0.717, 1.165) is 19.1 Å². The Balaban J connectivity index is 3.69. The van der Waals surface area contributed by atoms with Gasteiger partial charge in [-0.05, 0) is 12.3 Å². The highest BCUT2D eigenvalue weighted by molar-refractivity contribution is 7.85. The maximum atomic E-state index is 10.8. The van der Waals surface area contributed by atoms with Crippen LogP contribution in [0.4, 0.5) is 0 Å². The lowest BCUT2D eigenvalue weighted by Crippen LogP contribution is -2.13. The Labute approximate surface area is 88.0 Å². The van der Waals surface area contributed by atoms with Crippen molar-refractivity contribution in [3.8, 4) is 0 Å². The third-order valence-electron chi connectivity index (χ3n) is 2.31. The summed E-state index contributed by atoms with van der Waals surface area (Å²) in [7, 11) is -3.26. The van der Waals surface area contributed by atoms with Crippen molar-refractivity contribution in [3.63, 3.8) is 0 Å². The summed E-state index contributed by atoms with van der Waals surface area (Å²) in [5, 5.41) is 0. The second-order valence-electron chi connectivity index (χ2n) is 3.76. The first-order valence-electron chi connectivity index (χ1n) is 5.34. The Morgan fingerprint density at radius 2 is 1.86 bits per heavy atom. The summed E-state index contributed by atoms with van der Waals surface area (Å²) in [5.74, 6) is 0.385. The average Bonchev–Trinajstić information content (AvgIpc) is 2.09. The Kier molecular flexibility index (Phi) is 7.19. The zero-order chi connectivity index (χ0) is 11.0. The number of unbranched alkanes of at least 4 members (excludes halogenated alkanes) is 2. The van der Waals surface area contributed by atoms with Crippen LogP contribution in [0.3, 0.4) is 0 Å². The fourth-order valence-electron chi connectivity index (χ4n) is 1.31. The molecule has 0 heterocycles. The molecule has 3 nitrogen and oxygen atoms in total. The first-order valence-corrected chi connectivity index (χ1v) is 7.15. The van der Waals surface area contributed by atoms with Crippen molar-refractivity contribution in [1.82, 2.24) is 0 Å². The van der Waals surface area contributed by atoms with Gasteiger partial charge in [-0.3, -0.25) is 4.18 Å². The minimum absolute atomic E-state index is 0.346. The van der Waals surface area contributed by atoms with E-state index < -0.39 is 10.1 Å². The van der Waals surface area contributed by atoms with E-state index in [1.54, 1.807) is 0 Å². The lowest BCUT2D eigenvalue weighted by molar-refractivity contribution is 0.240. The van der Waals surface area contributed by atoms with Crippen LogP contribution in [0.25, 0.3) is 0 Å². The Hall–Kier alpha value is -0.0900. The molecule has 4 heteroatoms. The molecule has 0 N–H and O–H groups in total. The molecule has 0 aliphatic rings. The fraction of sp³-hybridized carbons (Fsp3) is 1.00. The zero-order valence-electron chi connectivity index (χ0n) is 9.45. The largest absolute Gasteiger partial charge is 0.270 e. The zero-order valence-corrected chi connectivity index (χ0v) is 10.3. The molecule has 0 bridgehead atoms. The van der Waals surface area contributed by atoms with Gasteiger partial charge in [0.05, 0.1) is 12.9 Å². The van der Waals surface area contributed by atoms with E-state index in [1.165, 1.54) is 19.3 Å². The molecule has 0 aliphatic heterocycles. The summed E-state index contributed by atoms with van der Waals surface area (Å²) in [6.07, 6.45) is 6.74. The van der Waals surface area contributed by atoms with E-state index in [9.17, 15) is 8.42 Å². The predicted octanol–water partition coefficient (Wildman–Crippen LogP) is 2.57. The van der Waals surface area contributed by atoms with Crippen molar-refractivity contribution in [1.29, 1.82) is 0 Å². The quantitative estimate of drug-likeness (QED) is 0.468. The molecule has 1 unspecified atom stereocenters. The standard InChI is InChI=1S/C10H22O3S/c1-4-6-7-8-10(5-2)9-13-14(3,11)12/h10H,4-9H2,1-3H3. The molecule has 0 saturated heterocycles. The maximum absolute atomic E-state index is 10.8. The van der Waals surface area contributed by atoms with E-state index in [4.69, 9.17) is 4.18 Å². The van der Waals surface area contributed by atoms with E-state index in [1.807, 2.05) is 0 Å². The van der Waals surface area contributed by atoms with Gasteiger partial charge in [0.15, 0.2) is 0 Å². The Morgan fingerprint density at radius 1 is 1.21 bits per heavy atom. The molecule has 0 spiro atoms. The summed E-state index contributed by atoms with van der Waals surface area (Å²) < 4.78 is 26.3. The summed E-state index contributed by atoms with van der Waals surface area (Å²) in [4.78, 5) is 0. The van der Waals surface area contributed by atoms with Crippen LogP contribution in [0.2, 0.25) is 0 Å². The second-order valence-corrected chi connectivity index (χ2v) is 5.40. The molecular formula is C10H22O3S. The Bertz CT molecular complexity index is 222. The number of hydrogen-bond acceptors (Lipinski definition) is 3. The Morgan fingerprint density at radius 3 is 2.29 bits per heavy atom. The predicted molar refractivity (Wildman–Crippen MR) is 58.7 cm³/mol.